The summed E-state index contributed by atoms with van der Waals surface area (Å²) in [6.07, 6.45) is 0.551. The zero-order chi connectivity index (χ0) is 8.91. The summed E-state index contributed by atoms with van der Waals surface area (Å²) in [5.41, 5.74) is 0. The van der Waals surface area contributed by atoms with Gasteiger partial charge in [0.1, 0.15) is 0 Å². The van der Waals surface area contributed by atoms with Gasteiger partial charge in [0, 0.05) is 6.92 Å². The van der Waals surface area contributed by atoms with E-state index < -0.39 is 8.32 Å². The Morgan fingerprint density at radius 3 is 2.36 bits per heavy atom. The molecule has 0 saturated carbocycles. The van der Waals surface area contributed by atoms with Crippen molar-refractivity contribution >= 4 is 24.0 Å². The first-order chi connectivity index (χ1) is 4.92. The Morgan fingerprint density at radius 2 is 2.00 bits per heavy atom. The maximum atomic E-state index is 10.3. The van der Waals surface area contributed by atoms with Gasteiger partial charge in [-0.2, -0.15) is 0 Å². The van der Waals surface area contributed by atoms with Crippen LogP contribution in [0.3, 0.4) is 0 Å². The van der Waals surface area contributed by atoms with Crippen LogP contribution in [0.2, 0.25) is 19.6 Å². The molecule has 11 heavy (non-hydrogen) atoms. The first-order valence-electron chi connectivity index (χ1n) is 3.46. The molecule has 0 bridgehead atoms. The van der Waals surface area contributed by atoms with Gasteiger partial charge >= 0.3 is 9.76 Å². The van der Waals surface area contributed by atoms with Crippen LogP contribution in [0.4, 0.5) is 0 Å². The second kappa shape index (κ2) is 4.68. The molecule has 0 spiro atoms. The third-order valence-corrected chi connectivity index (χ3v) is 2.77. The van der Waals surface area contributed by atoms with Gasteiger partial charge in [-0.15, -0.1) is 0 Å². The lowest BCUT2D eigenvalue weighted by molar-refractivity contribution is -0.132. The Hall–Kier alpha value is -0.136. The van der Waals surface area contributed by atoms with E-state index in [1.165, 1.54) is 6.92 Å². The Kier molecular flexibility index (Phi) is 4.63. The highest BCUT2D eigenvalue weighted by Gasteiger charge is 2.14. The van der Waals surface area contributed by atoms with Crippen molar-refractivity contribution in [1.29, 1.82) is 0 Å². The van der Waals surface area contributed by atoms with Gasteiger partial charge in [-0.05, 0) is 19.6 Å². The predicted octanol–water partition coefficient (Wildman–Crippen LogP) is 0.978. The van der Waals surface area contributed by atoms with Crippen molar-refractivity contribution in [3.63, 3.8) is 0 Å². The Morgan fingerprint density at radius 1 is 1.45 bits per heavy atom. The smallest absolute Gasteiger partial charge is 0.342 e. The quantitative estimate of drug-likeness (QED) is 0.490. The Balaban J connectivity index is 3.22. The molecule has 0 aliphatic carbocycles. The minimum absolute atomic E-state index is 0.149. The van der Waals surface area contributed by atoms with Gasteiger partial charge in [-0.1, -0.05) is 0 Å². The molecule has 5 heteroatoms. The van der Waals surface area contributed by atoms with E-state index in [1.54, 1.807) is 0 Å². The molecule has 0 unspecified atom stereocenters. The highest BCUT2D eigenvalue weighted by Crippen LogP contribution is 2.00. The summed E-state index contributed by atoms with van der Waals surface area (Å²) in [6, 6.07) is 0. The molecule has 0 aromatic rings. The number of carbonyl (C=O) groups is 1. The van der Waals surface area contributed by atoms with E-state index in [2.05, 4.69) is 19.6 Å². The Labute approximate surface area is 71.2 Å². The highest BCUT2D eigenvalue weighted by atomic mass is 28.4. The predicted molar refractivity (Wildman–Crippen MR) is 46.8 cm³/mol. The zero-order valence-electron chi connectivity index (χ0n) is 7.43. The van der Waals surface area contributed by atoms with Crippen molar-refractivity contribution in [2.75, 3.05) is 6.23 Å². The molecule has 0 fully saturated rings. The second-order valence-corrected chi connectivity index (χ2v) is 8.43. The summed E-state index contributed by atoms with van der Waals surface area (Å²) in [5.74, 6) is -0.234. The summed E-state index contributed by atoms with van der Waals surface area (Å²) in [6.45, 7) is 7.71. The van der Waals surface area contributed by atoms with E-state index in [0.29, 0.717) is 6.23 Å². The maximum absolute atomic E-state index is 10.3. The highest BCUT2D eigenvalue weighted by molar-refractivity contribution is 6.70. The van der Waals surface area contributed by atoms with Crippen LogP contribution in [0.15, 0.2) is 0 Å². The first-order valence-corrected chi connectivity index (χ1v) is 7.98. The van der Waals surface area contributed by atoms with Crippen molar-refractivity contribution in [1.82, 2.24) is 0 Å². The Bertz CT molecular complexity index is 130. The van der Waals surface area contributed by atoms with Crippen LogP contribution in [0.25, 0.3) is 0 Å². The zero-order valence-corrected chi connectivity index (χ0v) is 9.43. The molecule has 0 heterocycles. The van der Waals surface area contributed by atoms with E-state index in [1.807, 2.05) is 0 Å². The van der Waals surface area contributed by atoms with Crippen LogP contribution >= 0.6 is 0 Å². The SMILES string of the molecule is CC(=O)O[Si]CO[Si](C)(C)C. The van der Waals surface area contributed by atoms with Gasteiger partial charge in [0.25, 0.3) is 5.97 Å². The van der Waals surface area contributed by atoms with Gasteiger partial charge < -0.3 is 8.85 Å². The van der Waals surface area contributed by atoms with Crippen molar-refractivity contribution in [3.8, 4) is 0 Å². The molecule has 0 atom stereocenters. The fourth-order valence-electron chi connectivity index (χ4n) is 0.377. The topological polar surface area (TPSA) is 35.5 Å². The normalized spacial score (nSPS) is 11.3. The number of hydrogen-bond acceptors (Lipinski definition) is 3. The van der Waals surface area contributed by atoms with Crippen LogP contribution in [0.5, 0.6) is 0 Å². The maximum Gasteiger partial charge on any atom is 0.342 e. The third-order valence-electron chi connectivity index (χ3n) is 0.780. The lowest BCUT2D eigenvalue weighted by Crippen LogP contribution is -2.28. The fraction of sp³-hybridized carbons (Fsp3) is 0.833. The molecule has 0 N–H and O–H groups in total. The molecular weight excluding hydrogens is 176 g/mol. The number of rotatable bonds is 4. The van der Waals surface area contributed by atoms with Gasteiger partial charge in [0.2, 0.25) is 0 Å². The van der Waals surface area contributed by atoms with Crippen molar-refractivity contribution in [2.24, 2.45) is 0 Å². The standard InChI is InChI=1S/C6H14O3Si2/c1-6(7)9-10-5-8-11(2,3)4/h5H2,1-4H3. The average Bonchev–Trinajstić information content (AvgIpc) is 1.78. The molecular formula is C6H14O3Si2. The van der Waals surface area contributed by atoms with Crippen LogP contribution < -0.4 is 0 Å². The second-order valence-electron chi connectivity index (χ2n) is 3.14. The molecule has 0 aromatic heterocycles. The molecule has 0 aliphatic heterocycles. The van der Waals surface area contributed by atoms with Crippen molar-refractivity contribution in [3.05, 3.63) is 0 Å². The van der Waals surface area contributed by atoms with Gasteiger partial charge in [-0.25, -0.2) is 0 Å². The summed E-state index contributed by atoms with van der Waals surface area (Å²) >= 11 is 0. The molecule has 64 valence electrons. The van der Waals surface area contributed by atoms with E-state index >= 15 is 0 Å². The molecule has 2 radical (unpaired) electrons. The van der Waals surface area contributed by atoms with Gasteiger partial charge in [0.05, 0.1) is 6.23 Å². The van der Waals surface area contributed by atoms with E-state index in [0.717, 1.165) is 0 Å². The van der Waals surface area contributed by atoms with Crippen LogP contribution in [-0.4, -0.2) is 30.3 Å². The molecule has 3 nitrogen and oxygen atoms in total. The van der Waals surface area contributed by atoms with Crippen molar-refractivity contribution in [2.45, 2.75) is 26.6 Å². The van der Waals surface area contributed by atoms with Crippen LogP contribution in [0, 0.1) is 0 Å². The van der Waals surface area contributed by atoms with Crippen LogP contribution in [-0.2, 0) is 13.6 Å². The first kappa shape index (κ1) is 10.9. The lowest BCUT2D eigenvalue weighted by atomic mass is 10.9. The van der Waals surface area contributed by atoms with Gasteiger partial charge in [-0.3, -0.25) is 4.79 Å². The minimum atomic E-state index is -1.41. The molecule has 0 rings (SSSR count). The monoisotopic (exact) mass is 190 g/mol. The van der Waals surface area contributed by atoms with Crippen molar-refractivity contribution < 1.29 is 13.6 Å². The summed E-state index contributed by atoms with van der Waals surface area (Å²) in [4.78, 5) is 10.3. The number of carbonyl (C=O) groups excluding carboxylic acids is 1. The van der Waals surface area contributed by atoms with E-state index in [-0.39, 0.29) is 15.7 Å². The molecule has 0 amide bonds. The molecule has 0 saturated heterocycles. The third kappa shape index (κ3) is 9.86. The summed E-state index contributed by atoms with van der Waals surface area (Å²) < 4.78 is 10.2. The minimum Gasteiger partial charge on any atom is -0.514 e. The largest absolute Gasteiger partial charge is 0.514 e. The average molecular weight is 190 g/mol. The van der Waals surface area contributed by atoms with E-state index in [4.69, 9.17) is 8.85 Å². The molecule has 0 aromatic carbocycles. The van der Waals surface area contributed by atoms with Crippen LogP contribution in [0.1, 0.15) is 6.92 Å². The van der Waals surface area contributed by atoms with E-state index in [9.17, 15) is 4.79 Å². The number of hydrogen-bond donors (Lipinski definition) is 0. The molecule has 0 aliphatic rings. The summed E-state index contributed by atoms with van der Waals surface area (Å²) in [5, 5.41) is 0. The lowest BCUT2D eigenvalue weighted by Gasteiger charge is -2.15. The fourth-order valence-corrected chi connectivity index (χ4v) is 2.61. The summed E-state index contributed by atoms with van der Waals surface area (Å²) in [7, 11) is -1.26. The van der Waals surface area contributed by atoms with Gasteiger partial charge in [0.15, 0.2) is 8.32 Å².